The van der Waals surface area contributed by atoms with Crippen molar-refractivity contribution in [2.75, 3.05) is 0 Å². The minimum Gasteiger partial charge on any atom is -0.481 e. The lowest BCUT2D eigenvalue weighted by Gasteiger charge is -2.07. The summed E-state index contributed by atoms with van der Waals surface area (Å²) in [6.07, 6.45) is -2.62. The zero-order valence-electron chi connectivity index (χ0n) is 8.44. The van der Waals surface area contributed by atoms with Crippen molar-refractivity contribution in [3.63, 3.8) is 0 Å². The van der Waals surface area contributed by atoms with Crippen molar-refractivity contribution < 1.29 is 18.7 Å². The number of hydrogen-bond acceptors (Lipinski definition) is 2. The molecule has 1 aromatic heterocycles. The molecule has 6 heteroatoms. The third kappa shape index (κ3) is 2.74. The van der Waals surface area contributed by atoms with Gasteiger partial charge in [0.2, 0.25) is 0 Å². The molecule has 84 valence electrons. The van der Waals surface area contributed by atoms with Gasteiger partial charge in [-0.15, -0.1) is 0 Å². The van der Waals surface area contributed by atoms with Crippen LogP contribution >= 0.6 is 0 Å². The van der Waals surface area contributed by atoms with Crippen LogP contribution in [0.15, 0.2) is 6.07 Å². The van der Waals surface area contributed by atoms with Gasteiger partial charge in [0, 0.05) is 5.69 Å². The molecule has 0 spiro atoms. The van der Waals surface area contributed by atoms with E-state index in [9.17, 15) is 13.6 Å². The van der Waals surface area contributed by atoms with Gasteiger partial charge in [-0.3, -0.25) is 9.48 Å². The van der Waals surface area contributed by atoms with Gasteiger partial charge in [0.25, 0.3) is 6.43 Å². The van der Waals surface area contributed by atoms with Crippen LogP contribution in [0.2, 0.25) is 0 Å². The van der Waals surface area contributed by atoms with E-state index in [0.717, 1.165) is 0 Å². The zero-order valence-corrected chi connectivity index (χ0v) is 8.44. The number of carbonyl (C=O) groups is 1. The molecule has 4 nitrogen and oxygen atoms in total. The van der Waals surface area contributed by atoms with Crippen LogP contribution in [0.25, 0.3) is 0 Å². The standard InChI is InChI=1S/C9H12F2N2O2/c1-5(9(14)15)4-13-6(2)3-7(12-13)8(10)11/h3,5,8H,4H2,1-2H3,(H,14,15)/t5-/m1/s1. The van der Waals surface area contributed by atoms with Crippen molar-refractivity contribution in [2.45, 2.75) is 26.8 Å². The molecule has 1 aromatic rings. The molecule has 0 aliphatic carbocycles. The first kappa shape index (κ1) is 11.6. The number of aryl methyl sites for hydroxylation is 1. The van der Waals surface area contributed by atoms with E-state index in [1.165, 1.54) is 17.7 Å². The predicted molar refractivity (Wildman–Crippen MR) is 48.7 cm³/mol. The van der Waals surface area contributed by atoms with E-state index in [1.54, 1.807) is 6.92 Å². The molecule has 0 saturated heterocycles. The van der Waals surface area contributed by atoms with Crippen molar-refractivity contribution in [1.29, 1.82) is 0 Å². The second kappa shape index (κ2) is 4.37. The lowest BCUT2D eigenvalue weighted by Crippen LogP contribution is -2.18. The molecule has 0 bridgehead atoms. The molecule has 1 N–H and O–H groups in total. The molecule has 0 amide bonds. The molecular formula is C9H12F2N2O2. The van der Waals surface area contributed by atoms with Crippen molar-refractivity contribution >= 4 is 5.97 Å². The maximum absolute atomic E-state index is 12.3. The minimum atomic E-state index is -2.62. The summed E-state index contributed by atoms with van der Waals surface area (Å²) in [6.45, 7) is 3.23. The number of aromatic nitrogens is 2. The normalized spacial score (nSPS) is 13.1. The third-order valence-electron chi connectivity index (χ3n) is 2.09. The van der Waals surface area contributed by atoms with Gasteiger partial charge in [-0.1, -0.05) is 6.92 Å². The highest BCUT2D eigenvalue weighted by atomic mass is 19.3. The molecule has 0 aromatic carbocycles. The average molecular weight is 218 g/mol. The van der Waals surface area contributed by atoms with Crippen LogP contribution in [-0.2, 0) is 11.3 Å². The second-order valence-corrected chi connectivity index (χ2v) is 3.43. The van der Waals surface area contributed by atoms with Crippen molar-refractivity contribution in [1.82, 2.24) is 9.78 Å². The number of nitrogens with zero attached hydrogens (tertiary/aromatic N) is 2. The first-order chi connectivity index (χ1) is 6.91. The molecule has 0 saturated carbocycles. The Morgan fingerprint density at radius 3 is 2.67 bits per heavy atom. The summed E-state index contributed by atoms with van der Waals surface area (Å²) in [5.41, 5.74) is 0.225. The fourth-order valence-corrected chi connectivity index (χ4v) is 1.16. The predicted octanol–water partition coefficient (Wildman–Crippen LogP) is 1.85. The van der Waals surface area contributed by atoms with Gasteiger partial charge in [-0.05, 0) is 13.0 Å². The average Bonchev–Trinajstić information content (AvgIpc) is 2.47. The Morgan fingerprint density at radius 2 is 2.27 bits per heavy atom. The van der Waals surface area contributed by atoms with E-state index in [-0.39, 0.29) is 12.2 Å². The van der Waals surface area contributed by atoms with Gasteiger partial charge < -0.3 is 5.11 Å². The van der Waals surface area contributed by atoms with Crippen LogP contribution in [0.4, 0.5) is 8.78 Å². The first-order valence-corrected chi connectivity index (χ1v) is 4.47. The molecule has 0 fully saturated rings. The fraction of sp³-hybridized carbons (Fsp3) is 0.556. The van der Waals surface area contributed by atoms with Crippen LogP contribution in [0.5, 0.6) is 0 Å². The van der Waals surface area contributed by atoms with Crippen molar-refractivity contribution in [3.05, 3.63) is 17.5 Å². The number of carboxylic acids is 1. The number of alkyl halides is 2. The molecule has 1 heterocycles. The highest BCUT2D eigenvalue weighted by molar-refractivity contribution is 5.69. The van der Waals surface area contributed by atoms with Crippen LogP contribution in [0.1, 0.15) is 24.7 Å². The number of carboxylic acid groups (broad SMARTS) is 1. The molecule has 0 aliphatic heterocycles. The smallest absolute Gasteiger partial charge is 0.308 e. The summed E-state index contributed by atoms with van der Waals surface area (Å²) < 4.78 is 25.8. The van der Waals surface area contributed by atoms with Gasteiger partial charge >= 0.3 is 5.97 Å². The van der Waals surface area contributed by atoms with Crippen LogP contribution < -0.4 is 0 Å². The largest absolute Gasteiger partial charge is 0.481 e. The number of aliphatic carboxylic acids is 1. The maximum atomic E-state index is 12.3. The summed E-state index contributed by atoms with van der Waals surface area (Å²) in [4.78, 5) is 10.6. The van der Waals surface area contributed by atoms with Gasteiger partial charge in [-0.25, -0.2) is 8.78 Å². The number of halogens is 2. The van der Waals surface area contributed by atoms with E-state index < -0.39 is 18.3 Å². The molecule has 1 rings (SSSR count). The highest BCUT2D eigenvalue weighted by Gasteiger charge is 2.17. The Balaban J connectivity index is 2.81. The second-order valence-electron chi connectivity index (χ2n) is 3.43. The quantitative estimate of drug-likeness (QED) is 0.839. The van der Waals surface area contributed by atoms with Gasteiger partial charge in [0.15, 0.2) is 0 Å². The lowest BCUT2D eigenvalue weighted by atomic mass is 10.2. The van der Waals surface area contributed by atoms with Crippen LogP contribution in [0.3, 0.4) is 0 Å². The van der Waals surface area contributed by atoms with Crippen LogP contribution in [-0.4, -0.2) is 20.9 Å². The monoisotopic (exact) mass is 218 g/mol. The lowest BCUT2D eigenvalue weighted by molar-refractivity contribution is -0.141. The van der Waals surface area contributed by atoms with Gasteiger partial charge in [0.1, 0.15) is 5.69 Å². The van der Waals surface area contributed by atoms with E-state index >= 15 is 0 Å². The highest BCUT2D eigenvalue weighted by Crippen LogP contribution is 2.18. The molecule has 0 aliphatic rings. The van der Waals surface area contributed by atoms with E-state index in [1.807, 2.05) is 0 Å². The first-order valence-electron chi connectivity index (χ1n) is 4.47. The van der Waals surface area contributed by atoms with Crippen LogP contribution in [0, 0.1) is 12.8 Å². The summed E-state index contributed by atoms with van der Waals surface area (Å²) in [5.74, 6) is -1.61. The Bertz CT molecular complexity index is 363. The summed E-state index contributed by atoms with van der Waals surface area (Å²) in [6, 6.07) is 1.26. The van der Waals surface area contributed by atoms with E-state index in [0.29, 0.717) is 5.69 Å². The van der Waals surface area contributed by atoms with Crippen molar-refractivity contribution in [2.24, 2.45) is 5.92 Å². The zero-order chi connectivity index (χ0) is 11.6. The molecule has 0 unspecified atom stereocenters. The van der Waals surface area contributed by atoms with Gasteiger partial charge in [-0.2, -0.15) is 5.10 Å². The molecule has 0 radical (unpaired) electrons. The molecule has 1 atom stereocenters. The summed E-state index contributed by atoms with van der Waals surface area (Å²) >= 11 is 0. The maximum Gasteiger partial charge on any atom is 0.308 e. The number of rotatable bonds is 4. The summed E-state index contributed by atoms with van der Waals surface area (Å²) in [5, 5.41) is 12.3. The number of hydrogen-bond donors (Lipinski definition) is 1. The minimum absolute atomic E-state index is 0.105. The summed E-state index contributed by atoms with van der Waals surface area (Å²) in [7, 11) is 0. The third-order valence-corrected chi connectivity index (χ3v) is 2.09. The topological polar surface area (TPSA) is 55.1 Å². The van der Waals surface area contributed by atoms with Crippen molar-refractivity contribution in [3.8, 4) is 0 Å². The Labute approximate surface area is 85.5 Å². The fourth-order valence-electron chi connectivity index (χ4n) is 1.16. The Morgan fingerprint density at radius 1 is 1.67 bits per heavy atom. The molecule has 15 heavy (non-hydrogen) atoms. The van der Waals surface area contributed by atoms with Gasteiger partial charge in [0.05, 0.1) is 12.5 Å². The Kier molecular flexibility index (Phi) is 3.39. The van der Waals surface area contributed by atoms with E-state index in [2.05, 4.69) is 5.10 Å². The Hall–Kier alpha value is -1.46. The van der Waals surface area contributed by atoms with E-state index in [4.69, 9.17) is 5.11 Å². The molecular weight excluding hydrogens is 206 g/mol. The SMILES string of the molecule is Cc1cc(C(F)F)nn1C[C@@H](C)C(=O)O.